The summed E-state index contributed by atoms with van der Waals surface area (Å²) in [7, 11) is 0. The monoisotopic (exact) mass is 354 g/mol. The predicted octanol–water partition coefficient (Wildman–Crippen LogP) is 3.49. The van der Waals surface area contributed by atoms with Crippen molar-refractivity contribution in [3.8, 4) is 5.75 Å². The van der Waals surface area contributed by atoms with Gasteiger partial charge in [0, 0.05) is 24.5 Å². The lowest BCUT2D eigenvalue weighted by atomic mass is 10.1. The van der Waals surface area contributed by atoms with Gasteiger partial charge in [0.1, 0.15) is 5.75 Å². The second kappa shape index (κ2) is 8.72. The summed E-state index contributed by atoms with van der Waals surface area (Å²) in [4.78, 5) is 14.7. The number of ether oxygens (including phenoxy) is 2. The van der Waals surface area contributed by atoms with Crippen LogP contribution >= 0.6 is 0 Å². The van der Waals surface area contributed by atoms with E-state index in [1.165, 1.54) is 0 Å². The van der Waals surface area contributed by atoms with Gasteiger partial charge in [0.15, 0.2) is 6.10 Å². The molecule has 1 aliphatic heterocycles. The summed E-state index contributed by atoms with van der Waals surface area (Å²) >= 11 is 0. The highest BCUT2D eigenvalue weighted by molar-refractivity contribution is 5.94. The van der Waals surface area contributed by atoms with E-state index in [0.29, 0.717) is 0 Å². The van der Waals surface area contributed by atoms with Crippen LogP contribution < -0.4 is 15.0 Å². The zero-order chi connectivity index (χ0) is 18.4. The number of amides is 1. The number of carbonyl (C=O) groups is 1. The number of anilines is 2. The van der Waals surface area contributed by atoms with E-state index >= 15 is 0 Å². The van der Waals surface area contributed by atoms with E-state index < -0.39 is 6.10 Å². The van der Waals surface area contributed by atoms with E-state index in [9.17, 15) is 4.79 Å². The number of nitrogens with one attached hydrogen (secondary N) is 1. The number of hydrogen-bond donors (Lipinski definition) is 1. The Labute approximate surface area is 154 Å². The maximum absolute atomic E-state index is 12.4. The van der Waals surface area contributed by atoms with Gasteiger partial charge in [-0.2, -0.15) is 0 Å². The van der Waals surface area contributed by atoms with E-state index in [1.807, 2.05) is 48.5 Å². The molecule has 1 N–H and O–H groups in total. The summed E-state index contributed by atoms with van der Waals surface area (Å²) in [5.74, 6) is 0.607. The summed E-state index contributed by atoms with van der Waals surface area (Å²) < 4.78 is 11.2. The lowest BCUT2D eigenvalue weighted by Crippen LogP contribution is -2.36. The van der Waals surface area contributed by atoms with Crippen LogP contribution in [-0.2, 0) is 16.0 Å². The lowest BCUT2D eigenvalue weighted by Gasteiger charge is -2.29. The van der Waals surface area contributed by atoms with Crippen molar-refractivity contribution >= 4 is 17.3 Å². The Bertz CT molecular complexity index is 724. The molecule has 5 nitrogen and oxygen atoms in total. The van der Waals surface area contributed by atoms with Gasteiger partial charge in [-0.15, -0.1) is 0 Å². The van der Waals surface area contributed by atoms with Crippen LogP contribution in [0.5, 0.6) is 5.75 Å². The smallest absolute Gasteiger partial charge is 0.265 e. The Morgan fingerprint density at radius 2 is 1.85 bits per heavy atom. The van der Waals surface area contributed by atoms with Crippen molar-refractivity contribution in [2.45, 2.75) is 26.4 Å². The minimum absolute atomic E-state index is 0.157. The zero-order valence-corrected chi connectivity index (χ0v) is 15.4. The number of hydrogen-bond acceptors (Lipinski definition) is 4. The first-order chi connectivity index (χ1) is 12.7. The number of morpholine rings is 1. The van der Waals surface area contributed by atoms with Crippen molar-refractivity contribution in [2.24, 2.45) is 0 Å². The molecular formula is C21H26N2O3. The largest absolute Gasteiger partial charge is 0.481 e. The van der Waals surface area contributed by atoms with Crippen LogP contribution in [0.25, 0.3) is 0 Å². The molecule has 0 radical (unpaired) electrons. The van der Waals surface area contributed by atoms with Crippen LogP contribution in [0.4, 0.5) is 11.4 Å². The quantitative estimate of drug-likeness (QED) is 0.863. The normalized spacial score (nSPS) is 15.4. The molecule has 0 spiro atoms. The summed E-state index contributed by atoms with van der Waals surface area (Å²) in [5.41, 5.74) is 3.01. The summed E-state index contributed by atoms with van der Waals surface area (Å²) in [6.07, 6.45) is 0.301. The molecule has 138 valence electrons. The van der Waals surface area contributed by atoms with E-state index in [4.69, 9.17) is 9.47 Å². The Hall–Kier alpha value is -2.53. The molecule has 1 aliphatic rings. The van der Waals surface area contributed by atoms with Crippen molar-refractivity contribution in [2.75, 3.05) is 36.5 Å². The van der Waals surface area contributed by atoms with Crippen LogP contribution in [0, 0.1) is 0 Å². The third-order valence-corrected chi connectivity index (χ3v) is 4.54. The van der Waals surface area contributed by atoms with Gasteiger partial charge in [0.25, 0.3) is 5.91 Å². The second-order valence-electron chi connectivity index (χ2n) is 6.36. The highest BCUT2D eigenvalue weighted by atomic mass is 16.5. The molecule has 0 aromatic heterocycles. The van der Waals surface area contributed by atoms with Gasteiger partial charge < -0.3 is 19.7 Å². The number of benzene rings is 2. The average molecular weight is 354 g/mol. The van der Waals surface area contributed by atoms with E-state index in [1.54, 1.807) is 6.92 Å². The van der Waals surface area contributed by atoms with E-state index in [-0.39, 0.29) is 5.91 Å². The highest BCUT2D eigenvalue weighted by Crippen LogP contribution is 2.21. The van der Waals surface area contributed by atoms with Crippen molar-refractivity contribution in [3.05, 3.63) is 54.1 Å². The molecule has 1 fully saturated rings. The number of nitrogens with zero attached hydrogens (tertiary/aromatic N) is 1. The van der Waals surface area contributed by atoms with E-state index in [2.05, 4.69) is 17.1 Å². The standard InChI is InChI=1S/C21H26N2O3/c1-3-17-6-4-5-7-20(17)26-16(2)21(24)22-18-8-10-19(11-9-18)23-12-14-25-15-13-23/h4-11,16H,3,12-15H2,1-2H3,(H,22,24)/t16-/m1/s1. The Morgan fingerprint density at radius 1 is 1.15 bits per heavy atom. The van der Waals surface area contributed by atoms with Crippen LogP contribution in [0.15, 0.2) is 48.5 Å². The van der Waals surface area contributed by atoms with E-state index in [0.717, 1.165) is 55.4 Å². The highest BCUT2D eigenvalue weighted by Gasteiger charge is 2.17. The second-order valence-corrected chi connectivity index (χ2v) is 6.36. The molecule has 1 amide bonds. The molecule has 1 saturated heterocycles. The van der Waals surface area contributed by atoms with Crippen molar-refractivity contribution in [1.29, 1.82) is 0 Å². The van der Waals surface area contributed by atoms with Gasteiger partial charge in [-0.1, -0.05) is 25.1 Å². The molecule has 0 saturated carbocycles. The fourth-order valence-electron chi connectivity index (χ4n) is 2.98. The number of aryl methyl sites for hydroxylation is 1. The van der Waals surface area contributed by atoms with Crippen LogP contribution in [0.1, 0.15) is 19.4 Å². The summed E-state index contributed by atoms with van der Waals surface area (Å²) in [5, 5.41) is 2.92. The Morgan fingerprint density at radius 3 is 2.54 bits per heavy atom. The topological polar surface area (TPSA) is 50.8 Å². The molecule has 3 rings (SSSR count). The van der Waals surface area contributed by atoms with Crippen molar-refractivity contribution in [3.63, 3.8) is 0 Å². The Balaban J connectivity index is 1.58. The number of carbonyl (C=O) groups excluding carboxylic acids is 1. The molecule has 1 atom stereocenters. The third kappa shape index (κ3) is 4.55. The third-order valence-electron chi connectivity index (χ3n) is 4.54. The van der Waals surface area contributed by atoms with Crippen molar-refractivity contribution < 1.29 is 14.3 Å². The van der Waals surface area contributed by atoms with Gasteiger partial charge in [-0.25, -0.2) is 0 Å². The van der Waals surface area contributed by atoms with Crippen LogP contribution in [0.3, 0.4) is 0 Å². The Kier molecular flexibility index (Phi) is 6.12. The molecule has 0 unspecified atom stereocenters. The maximum Gasteiger partial charge on any atom is 0.265 e. The number of para-hydroxylation sites is 1. The van der Waals surface area contributed by atoms with Gasteiger partial charge >= 0.3 is 0 Å². The summed E-state index contributed by atoms with van der Waals surface area (Å²) in [6, 6.07) is 15.7. The molecule has 5 heteroatoms. The fourth-order valence-corrected chi connectivity index (χ4v) is 2.98. The van der Waals surface area contributed by atoms with Gasteiger partial charge in [-0.05, 0) is 49.2 Å². The molecule has 26 heavy (non-hydrogen) atoms. The minimum atomic E-state index is -0.568. The molecule has 1 heterocycles. The van der Waals surface area contributed by atoms with Gasteiger partial charge in [0.05, 0.1) is 13.2 Å². The minimum Gasteiger partial charge on any atom is -0.481 e. The maximum atomic E-state index is 12.4. The molecule has 0 aliphatic carbocycles. The molecule has 2 aromatic carbocycles. The lowest BCUT2D eigenvalue weighted by molar-refractivity contribution is -0.122. The van der Waals surface area contributed by atoms with Crippen LogP contribution in [-0.4, -0.2) is 38.3 Å². The fraction of sp³-hybridized carbons (Fsp3) is 0.381. The zero-order valence-electron chi connectivity index (χ0n) is 15.4. The van der Waals surface area contributed by atoms with Gasteiger partial charge in [-0.3, -0.25) is 4.79 Å². The van der Waals surface area contributed by atoms with Crippen molar-refractivity contribution in [1.82, 2.24) is 0 Å². The first-order valence-corrected chi connectivity index (χ1v) is 9.15. The first-order valence-electron chi connectivity index (χ1n) is 9.15. The SMILES string of the molecule is CCc1ccccc1O[C@H](C)C(=O)Nc1ccc(N2CCOCC2)cc1. The first kappa shape index (κ1) is 18.3. The summed E-state index contributed by atoms with van der Waals surface area (Å²) in [6.45, 7) is 7.15. The predicted molar refractivity (Wildman–Crippen MR) is 104 cm³/mol. The molecular weight excluding hydrogens is 328 g/mol. The molecule has 0 bridgehead atoms. The average Bonchev–Trinajstić information content (AvgIpc) is 2.69. The molecule has 2 aromatic rings. The van der Waals surface area contributed by atoms with Crippen LogP contribution in [0.2, 0.25) is 0 Å². The number of rotatable bonds is 6. The van der Waals surface area contributed by atoms with Gasteiger partial charge in [0.2, 0.25) is 0 Å².